The monoisotopic (exact) mass is 515 g/mol. The molecular formula is C29H33N5O4. The molecule has 9 nitrogen and oxygen atoms in total. The number of urea groups is 1. The molecule has 0 aromatic heterocycles. The van der Waals surface area contributed by atoms with Gasteiger partial charge in [0.2, 0.25) is 11.8 Å². The van der Waals surface area contributed by atoms with Gasteiger partial charge in [-0.3, -0.25) is 9.59 Å². The van der Waals surface area contributed by atoms with Gasteiger partial charge in [-0.1, -0.05) is 18.2 Å². The Hall–Kier alpha value is -4.53. The molecule has 4 amide bonds. The molecule has 2 unspecified atom stereocenters. The average molecular weight is 516 g/mol. The van der Waals surface area contributed by atoms with Gasteiger partial charge in [0.15, 0.2) is 0 Å². The standard InChI is InChI=1S/C29H33N5O4/c1-20(30-21(2)35)18-28(36)31-24-16-17-34(19-24)25-12-8-22(9-13-25)32-29(37)33-23-10-14-27(15-11-23)38-26-6-4-3-5-7-26/h3-15,20,24H,16-19H2,1-2H3,(H,30,35)(H,31,36)(H2,32,33,37). The number of rotatable bonds is 9. The number of hydrogen-bond acceptors (Lipinski definition) is 5. The maximum atomic E-state index is 12.5. The molecule has 2 atom stereocenters. The summed E-state index contributed by atoms with van der Waals surface area (Å²) in [5.74, 6) is 1.22. The van der Waals surface area contributed by atoms with Crippen LogP contribution in [0.5, 0.6) is 11.5 Å². The summed E-state index contributed by atoms with van der Waals surface area (Å²) >= 11 is 0. The van der Waals surface area contributed by atoms with Crippen LogP contribution in [0, 0.1) is 0 Å². The maximum absolute atomic E-state index is 12.5. The third kappa shape index (κ3) is 7.99. The SMILES string of the molecule is CC(=O)NC(C)CC(=O)NC1CCN(c2ccc(NC(=O)Nc3ccc(Oc4ccccc4)cc3)cc2)C1. The van der Waals surface area contributed by atoms with Crippen molar-refractivity contribution in [3.63, 3.8) is 0 Å². The number of carbonyl (C=O) groups is 3. The van der Waals surface area contributed by atoms with E-state index in [2.05, 4.69) is 26.2 Å². The van der Waals surface area contributed by atoms with Crippen LogP contribution in [0.4, 0.5) is 21.9 Å². The second-order valence-electron chi connectivity index (χ2n) is 9.37. The zero-order chi connectivity index (χ0) is 26.9. The molecular weight excluding hydrogens is 482 g/mol. The molecule has 198 valence electrons. The van der Waals surface area contributed by atoms with E-state index in [1.54, 1.807) is 24.3 Å². The van der Waals surface area contributed by atoms with Crippen LogP contribution >= 0.6 is 0 Å². The minimum absolute atomic E-state index is 0.0556. The van der Waals surface area contributed by atoms with Gasteiger partial charge < -0.3 is 30.9 Å². The number of benzene rings is 3. The van der Waals surface area contributed by atoms with E-state index in [1.807, 2.05) is 61.5 Å². The van der Waals surface area contributed by atoms with Crippen molar-refractivity contribution in [3.05, 3.63) is 78.9 Å². The van der Waals surface area contributed by atoms with Crippen LogP contribution in [0.2, 0.25) is 0 Å². The lowest BCUT2D eigenvalue weighted by atomic mass is 10.2. The summed E-state index contributed by atoms with van der Waals surface area (Å²) in [5, 5.41) is 11.4. The summed E-state index contributed by atoms with van der Waals surface area (Å²) in [6.07, 6.45) is 1.10. The second-order valence-corrected chi connectivity index (χ2v) is 9.37. The quantitative estimate of drug-likeness (QED) is 0.329. The van der Waals surface area contributed by atoms with Crippen molar-refractivity contribution >= 4 is 34.9 Å². The molecule has 1 saturated heterocycles. The van der Waals surface area contributed by atoms with Crippen molar-refractivity contribution in [2.75, 3.05) is 28.6 Å². The average Bonchev–Trinajstić information content (AvgIpc) is 3.34. The Labute approximate surface area is 222 Å². The number of para-hydroxylation sites is 1. The first-order valence-corrected chi connectivity index (χ1v) is 12.7. The Balaban J connectivity index is 1.21. The van der Waals surface area contributed by atoms with Gasteiger partial charge >= 0.3 is 6.03 Å². The van der Waals surface area contributed by atoms with Gasteiger partial charge in [0.25, 0.3) is 0 Å². The van der Waals surface area contributed by atoms with E-state index in [0.29, 0.717) is 23.7 Å². The fourth-order valence-corrected chi connectivity index (χ4v) is 4.36. The first-order valence-electron chi connectivity index (χ1n) is 12.7. The molecule has 0 aliphatic carbocycles. The molecule has 0 bridgehead atoms. The Morgan fingerprint density at radius 3 is 2.13 bits per heavy atom. The molecule has 1 fully saturated rings. The third-order valence-electron chi connectivity index (χ3n) is 6.08. The van der Waals surface area contributed by atoms with Crippen LogP contribution in [0.25, 0.3) is 0 Å². The predicted molar refractivity (Wildman–Crippen MR) is 149 cm³/mol. The summed E-state index contributed by atoms with van der Waals surface area (Å²) in [5.41, 5.74) is 2.34. The van der Waals surface area contributed by atoms with Crippen molar-refractivity contribution in [3.8, 4) is 11.5 Å². The van der Waals surface area contributed by atoms with Gasteiger partial charge in [0, 0.05) is 55.6 Å². The smallest absolute Gasteiger partial charge is 0.323 e. The van der Waals surface area contributed by atoms with Crippen molar-refractivity contribution < 1.29 is 19.1 Å². The van der Waals surface area contributed by atoms with Crippen molar-refractivity contribution in [2.45, 2.75) is 38.8 Å². The molecule has 4 N–H and O–H groups in total. The first kappa shape index (κ1) is 26.5. The lowest BCUT2D eigenvalue weighted by Crippen LogP contribution is -2.41. The number of carbonyl (C=O) groups excluding carboxylic acids is 3. The summed E-state index contributed by atoms with van der Waals surface area (Å²) in [6, 6.07) is 23.8. The molecule has 0 radical (unpaired) electrons. The van der Waals surface area contributed by atoms with Crippen molar-refractivity contribution in [2.24, 2.45) is 0 Å². The first-order chi connectivity index (χ1) is 18.3. The largest absolute Gasteiger partial charge is 0.457 e. The molecule has 1 aliphatic heterocycles. The van der Waals surface area contributed by atoms with Crippen LogP contribution < -0.4 is 30.9 Å². The Kier molecular flexibility index (Phi) is 8.81. The second kappa shape index (κ2) is 12.6. The van der Waals surface area contributed by atoms with Crippen LogP contribution in [0.3, 0.4) is 0 Å². The van der Waals surface area contributed by atoms with Gasteiger partial charge in [0.05, 0.1) is 0 Å². The highest BCUT2D eigenvalue weighted by Gasteiger charge is 2.24. The molecule has 0 spiro atoms. The molecule has 1 heterocycles. The van der Waals surface area contributed by atoms with Gasteiger partial charge in [-0.2, -0.15) is 0 Å². The minimum Gasteiger partial charge on any atom is -0.457 e. The Bertz CT molecular complexity index is 1230. The number of amides is 4. The fourth-order valence-electron chi connectivity index (χ4n) is 4.36. The van der Waals surface area contributed by atoms with E-state index in [-0.39, 0.29) is 36.3 Å². The summed E-state index contributed by atoms with van der Waals surface area (Å²) < 4.78 is 5.77. The number of ether oxygens (including phenoxy) is 1. The Morgan fingerprint density at radius 1 is 0.895 bits per heavy atom. The lowest BCUT2D eigenvalue weighted by Gasteiger charge is -2.20. The van der Waals surface area contributed by atoms with Gasteiger partial charge in [-0.15, -0.1) is 0 Å². The number of anilines is 3. The van der Waals surface area contributed by atoms with Gasteiger partial charge in [-0.05, 0) is 74.0 Å². The third-order valence-corrected chi connectivity index (χ3v) is 6.08. The molecule has 0 saturated carbocycles. The van der Waals surface area contributed by atoms with Crippen molar-refractivity contribution in [1.82, 2.24) is 10.6 Å². The van der Waals surface area contributed by atoms with Gasteiger partial charge in [-0.25, -0.2) is 4.79 Å². The van der Waals surface area contributed by atoms with E-state index in [1.165, 1.54) is 6.92 Å². The molecule has 1 aliphatic rings. The summed E-state index contributed by atoms with van der Waals surface area (Å²) in [4.78, 5) is 38.1. The molecule has 9 heteroatoms. The predicted octanol–water partition coefficient (Wildman–Crippen LogP) is 4.73. The molecule has 3 aromatic rings. The highest BCUT2D eigenvalue weighted by atomic mass is 16.5. The van der Waals surface area contributed by atoms with Crippen LogP contribution in [-0.2, 0) is 9.59 Å². The zero-order valence-electron chi connectivity index (χ0n) is 21.6. The normalized spacial score (nSPS) is 15.3. The lowest BCUT2D eigenvalue weighted by molar-refractivity contribution is -0.123. The van der Waals surface area contributed by atoms with E-state index in [9.17, 15) is 14.4 Å². The molecule has 38 heavy (non-hydrogen) atoms. The minimum atomic E-state index is -0.341. The highest BCUT2D eigenvalue weighted by molar-refractivity contribution is 5.99. The molecule has 4 rings (SSSR count). The number of hydrogen-bond donors (Lipinski definition) is 4. The van der Waals surface area contributed by atoms with E-state index >= 15 is 0 Å². The van der Waals surface area contributed by atoms with E-state index in [0.717, 1.165) is 24.4 Å². The Morgan fingerprint density at radius 2 is 1.50 bits per heavy atom. The van der Waals surface area contributed by atoms with Crippen LogP contribution in [-0.4, -0.2) is 43.0 Å². The number of nitrogens with zero attached hydrogens (tertiary/aromatic N) is 1. The maximum Gasteiger partial charge on any atom is 0.323 e. The van der Waals surface area contributed by atoms with E-state index < -0.39 is 0 Å². The highest BCUT2D eigenvalue weighted by Crippen LogP contribution is 2.24. The van der Waals surface area contributed by atoms with Crippen LogP contribution in [0.1, 0.15) is 26.7 Å². The van der Waals surface area contributed by atoms with Gasteiger partial charge in [0.1, 0.15) is 11.5 Å². The summed E-state index contributed by atoms with van der Waals surface area (Å²) in [7, 11) is 0. The summed E-state index contributed by atoms with van der Waals surface area (Å²) in [6.45, 7) is 4.79. The van der Waals surface area contributed by atoms with Crippen LogP contribution in [0.15, 0.2) is 78.9 Å². The number of nitrogens with one attached hydrogen (secondary N) is 4. The molecule has 3 aromatic carbocycles. The van der Waals surface area contributed by atoms with E-state index in [4.69, 9.17) is 4.74 Å². The fraction of sp³-hybridized carbons (Fsp3) is 0.276. The van der Waals surface area contributed by atoms with Crippen molar-refractivity contribution in [1.29, 1.82) is 0 Å². The zero-order valence-corrected chi connectivity index (χ0v) is 21.6. The topological polar surface area (TPSA) is 112 Å².